The minimum atomic E-state index is -3.28. The molecule has 0 radical (unpaired) electrons. The predicted molar refractivity (Wildman–Crippen MR) is 43.2 cm³/mol. The average molecular weight is 199 g/mol. The zero-order valence-electron chi connectivity index (χ0n) is 6.29. The van der Waals surface area contributed by atoms with E-state index < -0.39 is 10.1 Å². The second kappa shape index (κ2) is 3.29. The Balaban J connectivity index is 2.71. The van der Waals surface area contributed by atoms with Gasteiger partial charge in [-0.3, -0.25) is 4.18 Å². The molecule has 1 fully saturated rings. The number of alkyl halides is 1. The molecule has 1 rings (SSSR count). The third kappa shape index (κ3) is 1.86. The normalized spacial score (nSPS) is 35.8. The lowest BCUT2D eigenvalue weighted by atomic mass is 10.2. The minimum Gasteiger partial charge on any atom is -0.265 e. The fraction of sp³-hybridized carbons (Fsp3) is 1.00. The quantitative estimate of drug-likeness (QED) is 0.494. The monoisotopic (exact) mass is 198 g/mol. The molecular formula is C6H11ClO3S. The van der Waals surface area contributed by atoms with E-state index in [4.69, 9.17) is 15.8 Å². The van der Waals surface area contributed by atoms with E-state index in [1.54, 1.807) is 0 Å². The molecule has 0 N–H and O–H groups in total. The highest BCUT2D eigenvalue weighted by Gasteiger charge is 2.37. The van der Waals surface area contributed by atoms with E-state index in [-0.39, 0.29) is 17.2 Å². The van der Waals surface area contributed by atoms with E-state index in [9.17, 15) is 8.42 Å². The molecule has 0 aromatic rings. The Morgan fingerprint density at radius 2 is 2.27 bits per heavy atom. The first kappa shape index (κ1) is 9.29. The van der Waals surface area contributed by atoms with Gasteiger partial charge in [0.1, 0.15) is 0 Å². The first-order valence-corrected chi connectivity index (χ1v) is 5.58. The van der Waals surface area contributed by atoms with Gasteiger partial charge >= 0.3 is 0 Å². The first-order chi connectivity index (χ1) is 5.10. The van der Waals surface area contributed by atoms with Gasteiger partial charge in [-0.1, -0.05) is 6.92 Å². The number of rotatable bonds is 2. The van der Waals surface area contributed by atoms with Crippen LogP contribution in [0.2, 0.25) is 0 Å². The largest absolute Gasteiger partial charge is 0.270 e. The van der Waals surface area contributed by atoms with Crippen molar-refractivity contribution >= 4 is 21.7 Å². The van der Waals surface area contributed by atoms with Crippen LogP contribution in [0.25, 0.3) is 0 Å². The molecule has 1 aliphatic rings. The van der Waals surface area contributed by atoms with Gasteiger partial charge in [0.2, 0.25) is 0 Å². The maximum Gasteiger partial charge on any atom is 0.270 e. The molecule has 2 unspecified atom stereocenters. The number of hydrogen-bond acceptors (Lipinski definition) is 3. The van der Waals surface area contributed by atoms with Crippen molar-refractivity contribution in [2.24, 2.45) is 0 Å². The van der Waals surface area contributed by atoms with E-state index in [2.05, 4.69) is 0 Å². The van der Waals surface area contributed by atoms with Crippen LogP contribution in [0.1, 0.15) is 19.8 Å². The Morgan fingerprint density at radius 3 is 2.55 bits per heavy atom. The minimum absolute atomic E-state index is 0.260. The maximum atomic E-state index is 11.1. The number of halogens is 1. The van der Waals surface area contributed by atoms with Crippen LogP contribution in [0.15, 0.2) is 0 Å². The summed E-state index contributed by atoms with van der Waals surface area (Å²) in [4.78, 5) is 0. The summed E-state index contributed by atoms with van der Waals surface area (Å²) in [5.41, 5.74) is 0. The van der Waals surface area contributed by atoms with Gasteiger partial charge in [0.25, 0.3) is 10.1 Å². The lowest BCUT2D eigenvalue weighted by Crippen LogP contribution is -2.12. The van der Waals surface area contributed by atoms with Gasteiger partial charge in [0, 0.05) is 0 Å². The van der Waals surface area contributed by atoms with Crippen molar-refractivity contribution in [3.8, 4) is 0 Å². The van der Waals surface area contributed by atoms with Crippen molar-refractivity contribution in [1.82, 2.24) is 0 Å². The van der Waals surface area contributed by atoms with Crippen LogP contribution in [-0.4, -0.2) is 25.7 Å². The lowest BCUT2D eigenvalue weighted by molar-refractivity contribution is 0.260. The molecule has 66 valence electrons. The fourth-order valence-electron chi connectivity index (χ4n) is 1.18. The van der Waals surface area contributed by atoms with Gasteiger partial charge in [-0.2, -0.15) is 8.42 Å². The Labute approximate surface area is 71.8 Å². The second-order valence-electron chi connectivity index (χ2n) is 2.63. The van der Waals surface area contributed by atoms with Crippen LogP contribution in [0.3, 0.4) is 0 Å². The fourth-order valence-corrected chi connectivity index (χ4v) is 2.98. The summed E-state index contributed by atoms with van der Waals surface area (Å²) in [5, 5.41) is -0.341. The smallest absolute Gasteiger partial charge is 0.265 e. The van der Waals surface area contributed by atoms with E-state index in [1.165, 1.54) is 0 Å². The molecule has 3 nitrogen and oxygen atoms in total. The molecule has 0 aliphatic carbocycles. The van der Waals surface area contributed by atoms with Crippen molar-refractivity contribution < 1.29 is 12.6 Å². The van der Waals surface area contributed by atoms with E-state index in [0.29, 0.717) is 12.8 Å². The molecule has 0 spiro atoms. The summed E-state index contributed by atoms with van der Waals surface area (Å²) in [7, 11) is -3.28. The highest BCUT2D eigenvalue weighted by molar-refractivity contribution is 7.87. The average Bonchev–Trinajstić information content (AvgIpc) is 2.24. The van der Waals surface area contributed by atoms with Crippen LogP contribution in [-0.2, 0) is 14.3 Å². The SMILES string of the molecule is CCC1CC(CCl)OS1(=O)=O. The van der Waals surface area contributed by atoms with Gasteiger partial charge in [0.05, 0.1) is 17.2 Å². The Morgan fingerprint density at radius 1 is 1.64 bits per heavy atom. The number of hydrogen-bond donors (Lipinski definition) is 0. The summed E-state index contributed by atoms with van der Waals surface area (Å²) in [6.07, 6.45) is 0.851. The van der Waals surface area contributed by atoms with Gasteiger partial charge in [-0.15, -0.1) is 11.6 Å². The van der Waals surface area contributed by atoms with Crippen LogP contribution < -0.4 is 0 Å². The summed E-state index contributed by atoms with van der Waals surface area (Å²) < 4.78 is 26.9. The molecule has 11 heavy (non-hydrogen) atoms. The highest BCUT2D eigenvalue weighted by Crippen LogP contribution is 2.26. The molecule has 0 bridgehead atoms. The molecule has 1 saturated heterocycles. The molecule has 0 aromatic carbocycles. The van der Waals surface area contributed by atoms with Gasteiger partial charge in [-0.05, 0) is 12.8 Å². The standard InChI is InChI=1S/C6H11ClO3S/c1-2-6-3-5(4-7)10-11(6,8)9/h5-6H,2-4H2,1H3. The molecule has 0 aromatic heterocycles. The van der Waals surface area contributed by atoms with E-state index in [1.807, 2.05) is 6.92 Å². The van der Waals surface area contributed by atoms with E-state index >= 15 is 0 Å². The molecule has 0 saturated carbocycles. The Kier molecular flexibility index (Phi) is 2.78. The second-order valence-corrected chi connectivity index (χ2v) is 4.78. The van der Waals surface area contributed by atoms with Crippen LogP contribution in [0.4, 0.5) is 0 Å². The van der Waals surface area contributed by atoms with Crippen LogP contribution in [0, 0.1) is 0 Å². The lowest BCUT2D eigenvalue weighted by Gasteiger charge is -1.99. The highest BCUT2D eigenvalue weighted by atomic mass is 35.5. The topological polar surface area (TPSA) is 43.4 Å². The first-order valence-electron chi connectivity index (χ1n) is 3.58. The Bertz CT molecular complexity index is 224. The summed E-state index contributed by atoms with van der Waals surface area (Å²) in [5.74, 6) is 0.260. The van der Waals surface area contributed by atoms with Crippen molar-refractivity contribution in [2.75, 3.05) is 5.88 Å². The summed E-state index contributed by atoms with van der Waals surface area (Å²) in [6.45, 7) is 1.84. The van der Waals surface area contributed by atoms with E-state index in [0.717, 1.165) is 0 Å². The Hall–Kier alpha value is 0.200. The third-order valence-corrected chi connectivity index (χ3v) is 4.06. The molecule has 5 heteroatoms. The molecule has 2 atom stereocenters. The van der Waals surface area contributed by atoms with Gasteiger partial charge in [-0.25, -0.2) is 0 Å². The van der Waals surface area contributed by atoms with Crippen molar-refractivity contribution in [3.05, 3.63) is 0 Å². The molecule has 1 heterocycles. The molecule has 0 amide bonds. The zero-order chi connectivity index (χ0) is 8.48. The predicted octanol–water partition coefficient (Wildman–Crippen LogP) is 1.12. The molecular weight excluding hydrogens is 188 g/mol. The maximum absolute atomic E-state index is 11.1. The third-order valence-electron chi connectivity index (χ3n) is 1.83. The zero-order valence-corrected chi connectivity index (χ0v) is 7.86. The van der Waals surface area contributed by atoms with Crippen molar-refractivity contribution in [3.63, 3.8) is 0 Å². The van der Waals surface area contributed by atoms with Crippen LogP contribution >= 0.6 is 11.6 Å². The summed E-state index contributed by atoms with van der Waals surface area (Å²) in [6, 6.07) is 0. The molecule has 1 aliphatic heterocycles. The summed E-state index contributed by atoms with van der Waals surface area (Å²) >= 11 is 5.47. The van der Waals surface area contributed by atoms with Crippen molar-refractivity contribution in [1.29, 1.82) is 0 Å². The van der Waals surface area contributed by atoms with Crippen LogP contribution in [0.5, 0.6) is 0 Å². The van der Waals surface area contributed by atoms with Gasteiger partial charge < -0.3 is 0 Å². The van der Waals surface area contributed by atoms with Gasteiger partial charge in [0.15, 0.2) is 0 Å². The van der Waals surface area contributed by atoms with Crippen molar-refractivity contribution in [2.45, 2.75) is 31.1 Å².